The van der Waals surface area contributed by atoms with Gasteiger partial charge in [0.1, 0.15) is 10.6 Å². The maximum Gasteiger partial charge on any atom is 0.244 e. The Labute approximate surface area is 120 Å². The molecule has 0 unspecified atom stereocenters. The van der Waals surface area contributed by atoms with E-state index in [1.807, 2.05) is 0 Å². The fourth-order valence-corrected chi connectivity index (χ4v) is 4.30. The van der Waals surface area contributed by atoms with Crippen molar-refractivity contribution in [1.82, 2.24) is 4.72 Å². The summed E-state index contributed by atoms with van der Waals surface area (Å²) in [5.41, 5.74) is 5.98. The Bertz CT molecular complexity index is 622. The molecule has 1 aromatic carbocycles. The normalized spacial score (nSPS) is 20.6. The Hall–Kier alpha value is -1.27. The lowest BCUT2D eigenvalue weighted by atomic mass is 10.0. The summed E-state index contributed by atoms with van der Waals surface area (Å²) in [6.45, 7) is 8.22. The number of benzene rings is 1. The van der Waals surface area contributed by atoms with Crippen molar-refractivity contribution in [3.8, 4) is 5.75 Å². The van der Waals surface area contributed by atoms with Crippen molar-refractivity contribution < 1.29 is 13.2 Å². The molecule has 6 heteroatoms. The lowest BCUT2D eigenvalue weighted by molar-refractivity contribution is 0.402. The monoisotopic (exact) mass is 298 g/mol. The minimum absolute atomic E-state index is 0.0683. The van der Waals surface area contributed by atoms with Crippen molar-refractivity contribution >= 4 is 15.7 Å². The molecule has 20 heavy (non-hydrogen) atoms. The van der Waals surface area contributed by atoms with Gasteiger partial charge in [-0.15, -0.1) is 0 Å². The van der Waals surface area contributed by atoms with E-state index in [0.29, 0.717) is 5.69 Å². The topological polar surface area (TPSA) is 81.4 Å². The van der Waals surface area contributed by atoms with Crippen LogP contribution in [0.5, 0.6) is 5.75 Å². The zero-order chi connectivity index (χ0) is 15.3. The van der Waals surface area contributed by atoms with Crippen LogP contribution in [0.25, 0.3) is 0 Å². The summed E-state index contributed by atoms with van der Waals surface area (Å²) in [5, 5.41) is 0. The molecule has 0 amide bonds. The fourth-order valence-electron chi connectivity index (χ4n) is 2.62. The summed E-state index contributed by atoms with van der Waals surface area (Å²) in [4.78, 5) is 0.118. The van der Waals surface area contributed by atoms with Gasteiger partial charge in [0, 0.05) is 17.8 Å². The van der Waals surface area contributed by atoms with Gasteiger partial charge in [-0.2, -0.15) is 0 Å². The molecule has 0 saturated heterocycles. The molecule has 2 rings (SSSR count). The number of methoxy groups -OCH3 is 1. The van der Waals surface area contributed by atoms with Crippen molar-refractivity contribution in [2.24, 2.45) is 10.8 Å². The van der Waals surface area contributed by atoms with Gasteiger partial charge in [0.15, 0.2) is 0 Å². The summed E-state index contributed by atoms with van der Waals surface area (Å²) in [5.74, 6) is 0.258. The van der Waals surface area contributed by atoms with Crippen LogP contribution in [0.2, 0.25) is 0 Å². The van der Waals surface area contributed by atoms with Gasteiger partial charge in [-0.05, 0) is 23.0 Å². The van der Waals surface area contributed by atoms with E-state index in [4.69, 9.17) is 10.5 Å². The number of ether oxygens (including phenoxy) is 1. The van der Waals surface area contributed by atoms with E-state index in [9.17, 15) is 8.42 Å². The van der Waals surface area contributed by atoms with E-state index in [2.05, 4.69) is 32.4 Å². The molecule has 0 heterocycles. The molecular formula is C14H22N2O3S. The summed E-state index contributed by atoms with van der Waals surface area (Å²) in [6, 6.07) is 4.44. The maximum atomic E-state index is 12.5. The number of nitrogen functional groups attached to an aromatic ring is 1. The standard InChI is InChI=1S/C14H22N2O3S/c1-13(2)12(14(13,3)4)16-20(17,18)11-7-6-9(15)8-10(11)19-5/h6-8,12,16H,15H2,1-5H3. The molecule has 112 valence electrons. The van der Waals surface area contributed by atoms with Gasteiger partial charge in [-0.25, -0.2) is 13.1 Å². The third-order valence-corrected chi connectivity index (χ3v) is 6.23. The number of hydrogen-bond donors (Lipinski definition) is 2. The predicted molar refractivity (Wildman–Crippen MR) is 79.1 cm³/mol. The molecule has 5 nitrogen and oxygen atoms in total. The first kappa shape index (κ1) is 15.1. The number of hydrogen-bond acceptors (Lipinski definition) is 4. The molecule has 1 saturated carbocycles. The minimum Gasteiger partial charge on any atom is -0.495 e. The smallest absolute Gasteiger partial charge is 0.244 e. The number of sulfonamides is 1. The van der Waals surface area contributed by atoms with Crippen molar-refractivity contribution in [3.63, 3.8) is 0 Å². The second-order valence-electron chi connectivity index (χ2n) is 6.41. The highest BCUT2D eigenvalue weighted by molar-refractivity contribution is 7.89. The first-order valence-electron chi connectivity index (χ1n) is 6.50. The zero-order valence-corrected chi connectivity index (χ0v) is 13.3. The lowest BCUT2D eigenvalue weighted by Gasteiger charge is -2.12. The van der Waals surface area contributed by atoms with Crippen LogP contribution in [0, 0.1) is 10.8 Å². The molecule has 1 aliphatic rings. The van der Waals surface area contributed by atoms with Crippen LogP contribution in [0.15, 0.2) is 23.1 Å². The van der Waals surface area contributed by atoms with Crippen molar-refractivity contribution in [3.05, 3.63) is 18.2 Å². The van der Waals surface area contributed by atoms with Crippen molar-refractivity contribution in [1.29, 1.82) is 0 Å². The van der Waals surface area contributed by atoms with E-state index in [-0.39, 0.29) is 27.5 Å². The number of anilines is 1. The fraction of sp³-hybridized carbons (Fsp3) is 0.571. The lowest BCUT2D eigenvalue weighted by Crippen LogP contribution is -2.30. The Balaban J connectivity index is 2.34. The van der Waals surface area contributed by atoms with Crippen LogP contribution in [0.4, 0.5) is 5.69 Å². The van der Waals surface area contributed by atoms with Crippen molar-refractivity contribution in [2.75, 3.05) is 12.8 Å². The SMILES string of the molecule is COc1cc(N)ccc1S(=O)(=O)NC1C(C)(C)C1(C)C. The second kappa shape index (κ2) is 4.36. The zero-order valence-electron chi connectivity index (χ0n) is 12.5. The van der Waals surface area contributed by atoms with Crippen LogP contribution in [-0.2, 0) is 10.0 Å². The highest BCUT2D eigenvalue weighted by Crippen LogP contribution is 2.63. The first-order chi connectivity index (χ1) is 9.04. The Kier molecular flexibility index (Phi) is 3.30. The van der Waals surface area contributed by atoms with Crippen LogP contribution in [0.1, 0.15) is 27.7 Å². The molecule has 0 radical (unpaired) electrons. The van der Waals surface area contributed by atoms with Crippen LogP contribution in [-0.4, -0.2) is 21.6 Å². The highest BCUT2D eigenvalue weighted by Gasteiger charge is 2.66. The number of nitrogens with two attached hydrogens (primary N) is 1. The highest BCUT2D eigenvalue weighted by atomic mass is 32.2. The van der Waals surface area contributed by atoms with E-state index in [0.717, 1.165) is 0 Å². The third-order valence-electron chi connectivity index (χ3n) is 4.77. The van der Waals surface area contributed by atoms with Gasteiger partial charge in [0.05, 0.1) is 7.11 Å². The van der Waals surface area contributed by atoms with E-state index in [1.54, 1.807) is 6.07 Å². The summed E-state index contributed by atoms with van der Waals surface area (Å²) < 4.78 is 32.9. The van der Waals surface area contributed by atoms with Gasteiger partial charge >= 0.3 is 0 Å². The largest absolute Gasteiger partial charge is 0.495 e. The molecule has 0 atom stereocenters. The summed E-state index contributed by atoms with van der Waals surface area (Å²) in [6.07, 6.45) is 0. The Morgan fingerprint density at radius 2 is 1.75 bits per heavy atom. The van der Waals surface area contributed by atoms with Gasteiger partial charge < -0.3 is 10.5 Å². The molecule has 0 bridgehead atoms. The molecular weight excluding hydrogens is 276 g/mol. The Morgan fingerprint density at radius 3 is 2.20 bits per heavy atom. The summed E-state index contributed by atoms with van der Waals surface area (Å²) in [7, 11) is -2.20. The average Bonchev–Trinajstić information content (AvgIpc) is 2.70. The minimum atomic E-state index is -3.63. The predicted octanol–water partition coefficient (Wildman–Crippen LogP) is 1.99. The molecule has 1 aliphatic carbocycles. The molecule has 3 N–H and O–H groups in total. The van der Waals surface area contributed by atoms with E-state index < -0.39 is 10.0 Å². The molecule has 0 spiro atoms. The third kappa shape index (κ3) is 2.16. The first-order valence-corrected chi connectivity index (χ1v) is 7.98. The molecule has 0 aliphatic heterocycles. The van der Waals surface area contributed by atoms with Crippen LogP contribution >= 0.6 is 0 Å². The molecule has 0 aromatic heterocycles. The summed E-state index contributed by atoms with van der Waals surface area (Å²) >= 11 is 0. The average molecular weight is 298 g/mol. The number of rotatable bonds is 4. The van der Waals surface area contributed by atoms with Gasteiger partial charge in [-0.1, -0.05) is 27.7 Å². The molecule has 1 aromatic rings. The van der Waals surface area contributed by atoms with Gasteiger partial charge in [0.2, 0.25) is 10.0 Å². The maximum absolute atomic E-state index is 12.5. The molecule has 1 fully saturated rings. The van der Waals surface area contributed by atoms with E-state index >= 15 is 0 Å². The second-order valence-corrected chi connectivity index (χ2v) is 8.09. The van der Waals surface area contributed by atoms with Crippen molar-refractivity contribution in [2.45, 2.75) is 38.6 Å². The number of nitrogens with one attached hydrogen (secondary N) is 1. The van der Waals surface area contributed by atoms with E-state index in [1.165, 1.54) is 19.2 Å². The van der Waals surface area contributed by atoms with Gasteiger partial charge in [-0.3, -0.25) is 0 Å². The van der Waals surface area contributed by atoms with Crippen LogP contribution < -0.4 is 15.2 Å². The van der Waals surface area contributed by atoms with Gasteiger partial charge in [0.25, 0.3) is 0 Å². The van der Waals surface area contributed by atoms with Crippen LogP contribution in [0.3, 0.4) is 0 Å². The Morgan fingerprint density at radius 1 is 1.20 bits per heavy atom. The quantitative estimate of drug-likeness (QED) is 0.833.